The van der Waals surface area contributed by atoms with Gasteiger partial charge in [0.2, 0.25) is 10.0 Å². The Hall–Kier alpha value is -1.64. The van der Waals surface area contributed by atoms with Crippen LogP contribution in [0.1, 0.15) is 69.7 Å². The van der Waals surface area contributed by atoms with Gasteiger partial charge in [0.1, 0.15) is 0 Å². The van der Waals surface area contributed by atoms with Crippen LogP contribution in [0.3, 0.4) is 0 Å². The van der Waals surface area contributed by atoms with Gasteiger partial charge in [-0.3, -0.25) is 4.79 Å². The van der Waals surface area contributed by atoms with Crippen LogP contribution in [0.2, 0.25) is 0 Å². The molecule has 2 saturated heterocycles. The summed E-state index contributed by atoms with van der Waals surface area (Å²) < 4.78 is 33.5. The lowest BCUT2D eigenvalue weighted by molar-refractivity contribution is 0.0936. The van der Waals surface area contributed by atoms with E-state index in [0.717, 1.165) is 44.2 Å². The summed E-state index contributed by atoms with van der Waals surface area (Å²) in [7, 11) is -3.61. The predicted octanol–water partition coefficient (Wildman–Crippen LogP) is 3.64. The van der Waals surface area contributed by atoms with Crippen molar-refractivity contribution >= 4 is 21.6 Å². The van der Waals surface area contributed by atoms with Crippen molar-refractivity contribution in [3.05, 3.63) is 23.8 Å². The summed E-state index contributed by atoms with van der Waals surface area (Å²) >= 11 is 0. The highest BCUT2D eigenvalue weighted by Gasteiger charge is 2.29. The van der Waals surface area contributed by atoms with E-state index in [1.807, 2.05) is 6.92 Å². The molecule has 0 aliphatic carbocycles. The van der Waals surface area contributed by atoms with Crippen LogP contribution in [0, 0.1) is 5.92 Å². The first-order valence-electron chi connectivity index (χ1n) is 12.1. The van der Waals surface area contributed by atoms with E-state index in [1.54, 1.807) is 22.5 Å². The van der Waals surface area contributed by atoms with Gasteiger partial charge in [0.05, 0.1) is 23.7 Å². The summed E-state index contributed by atoms with van der Waals surface area (Å²) in [4.78, 5) is 15.6. The first-order valence-corrected chi connectivity index (χ1v) is 13.5. The Morgan fingerprint density at radius 3 is 2.38 bits per heavy atom. The molecule has 3 rings (SSSR count). The lowest BCUT2D eigenvalue weighted by Gasteiger charge is -2.31. The quantitative estimate of drug-likeness (QED) is 0.602. The van der Waals surface area contributed by atoms with E-state index < -0.39 is 10.0 Å². The minimum absolute atomic E-state index is 0.0288. The van der Waals surface area contributed by atoms with E-state index in [-0.39, 0.29) is 16.8 Å². The highest BCUT2D eigenvalue weighted by atomic mass is 32.2. The van der Waals surface area contributed by atoms with Crippen molar-refractivity contribution in [3.63, 3.8) is 0 Å². The smallest absolute Gasteiger partial charge is 0.253 e. The number of piperidine rings is 1. The van der Waals surface area contributed by atoms with E-state index in [4.69, 9.17) is 4.74 Å². The van der Waals surface area contributed by atoms with Crippen molar-refractivity contribution in [1.29, 1.82) is 0 Å². The van der Waals surface area contributed by atoms with Crippen molar-refractivity contribution in [2.24, 2.45) is 5.92 Å². The first-order chi connectivity index (χ1) is 15.3. The molecule has 2 fully saturated rings. The molecule has 8 heteroatoms. The number of hydrogen-bond acceptors (Lipinski definition) is 5. The van der Waals surface area contributed by atoms with E-state index in [1.165, 1.54) is 0 Å². The van der Waals surface area contributed by atoms with E-state index >= 15 is 0 Å². The van der Waals surface area contributed by atoms with Gasteiger partial charge in [-0.2, -0.15) is 4.31 Å². The van der Waals surface area contributed by atoms with Gasteiger partial charge in [0, 0.05) is 37.9 Å². The normalized spacial score (nSPS) is 19.2. The molecular formula is C24H39N3O4S. The topological polar surface area (TPSA) is 79.0 Å². The van der Waals surface area contributed by atoms with Gasteiger partial charge in [-0.05, 0) is 50.3 Å². The predicted molar refractivity (Wildman–Crippen MR) is 128 cm³/mol. The number of morpholine rings is 1. The number of amides is 1. The maximum absolute atomic E-state index is 13.3. The third-order valence-electron chi connectivity index (χ3n) is 6.31. The largest absolute Gasteiger partial charge is 0.378 e. The monoisotopic (exact) mass is 465 g/mol. The van der Waals surface area contributed by atoms with E-state index in [9.17, 15) is 13.2 Å². The van der Waals surface area contributed by atoms with Crippen molar-refractivity contribution < 1.29 is 17.9 Å². The number of sulfonamides is 1. The molecule has 1 N–H and O–H groups in total. The Balaban J connectivity index is 1.84. The zero-order chi connectivity index (χ0) is 23.1. The number of rotatable bonds is 9. The molecule has 2 heterocycles. The molecule has 0 bridgehead atoms. The number of anilines is 1. The molecule has 180 valence electrons. The number of ether oxygens (including phenoxy) is 1. The molecule has 0 radical (unpaired) electrons. The standard InChI is InChI=1S/C24H39N3O4S/c1-19(2)8-7-9-20(3)25-24(28)22-18-21(32(29,30)27-12-5-4-6-13-27)10-11-23(22)26-14-16-31-17-15-26/h10-11,18-20H,4-9,12-17H2,1-3H3,(H,25,28). The fourth-order valence-corrected chi connectivity index (χ4v) is 5.94. The van der Waals surface area contributed by atoms with Crippen molar-refractivity contribution in [3.8, 4) is 0 Å². The number of carbonyl (C=O) groups excluding carboxylic acids is 1. The fraction of sp³-hybridized carbons (Fsp3) is 0.708. The summed E-state index contributed by atoms with van der Waals surface area (Å²) in [6.07, 6.45) is 5.91. The zero-order valence-corrected chi connectivity index (χ0v) is 20.6. The van der Waals surface area contributed by atoms with Crippen LogP contribution in [0.15, 0.2) is 23.1 Å². The SMILES string of the molecule is CC(C)CCCC(C)NC(=O)c1cc(S(=O)(=O)N2CCCCC2)ccc1N1CCOCC1. The molecule has 0 saturated carbocycles. The Morgan fingerprint density at radius 2 is 1.72 bits per heavy atom. The molecule has 32 heavy (non-hydrogen) atoms. The van der Waals surface area contributed by atoms with Crippen molar-refractivity contribution in [2.75, 3.05) is 44.3 Å². The average molecular weight is 466 g/mol. The van der Waals surface area contributed by atoms with Crippen LogP contribution in [-0.4, -0.2) is 64.1 Å². The maximum Gasteiger partial charge on any atom is 0.253 e. The number of nitrogens with one attached hydrogen (secondary N) is 1. The molecule has 2 aliphatic rings. The lowest BCUT2D eigenvalue weighted by atomic mass is 10.0. The molecule has 0 spiro atoms. The second kappa shape index (κ2) is 11.5. The van der Waals surface area contributed by atoms with Crippen LogP contribution in [0.5, 0.6) is 0 Å². The van der Waals surface area contributed by atoms with Gasteiger partial charge >= 0.3 is 0 Å². The molecule has 2 aliphatic heterocycles. The lowest BCUT2D eigenvalue weighted by Crippen LogP contribution is -2.39. The minimum Gasteiger partial charge on any atom is -0.378 e. The summed E-state index contributed by atoms with van der Waals surface area (Å²) in [5, 5.41) is 3.10. The second-order valence-corrected chi connectivity index (χ2v) is 11.4. The molecule has 1 aromatic carbocycles. The third-order valence-corrected chi connectivity index (χ3v) is 8.21. The Bertz CT molecular complexity index is 860. The summed E-state index contributed by atoms with van der Waals surface area (Å²) in [5.41, 5.74) is 1.21. The summed E-state index contributed by atoms with van der Waals surface area (Å²) in [6, 6.07) is 5.05. The molecule has 0 aromatic heterocycles. The highest BCUT2D eigenvalue weighted by molar-refractivity contribution is 7.89. The van der Waals surface area contributed by atoms with Crippen LogP contribution in [-0.2, 0) is 14.8 Å². The molecule has 1 aromatic rings. The maximum atomic E-state index is 13.3. The average Bonchev–Trinajstić information content (AvgIpc) is 2.79. The summed E-state index contributed by atoms with van der Waals surface area (Å²) in [6.45, 7) is 10.1. The van der Waals surface area contributed by atoms with E-state index in [0.29, 0.717) is 50.9 Å². The van der Waals surface area contributed by atoms with Gasteiger partial charge in [0.25, 0.3) is 5.91 Å². The zero-order valence-electron chi connectivity index (χ0n) is 19.8. The second-order valence-electron chi connectivity index (χ2n) is 9.44. The van der Waals surface area contributed by atoms with E-state index in [2.05, 4.69) is 24.1 Å². The molecule has 1 atom stereocenters. The third kappa shape index (κ3) is 6.45. The van der Waals surface area contributed by atoms with Crippen molar-refractivity contribution in [2.45, 2.75) is 70.2 Å². The minimum atomic E-state index is -3.61. The molecule has 1 amide bonds. The number of benzene rings is 1. The van der Waals surface area contributed by atoms with Crippen LogP contribution in [0.4, 0.5) is 5.69 Å². The Kier molecular flexibility index (Phi) is 8.96. The number of nitrogens with zero attached hydrogens (tertiary/aromatic N) is 2. The van der Waals surface area contributed by atoms with Gasteiger partial charge in [0.15, 0.2) is 0 Å². The number of carbonyl (C=O) groups is 1. The molecular weight excluding hydrogens is 426 g/mol. The van der Waals surface area contributed by atoms with Gasteiger partial charge < -0.3 is 15.0 Å². The number of hydrogen-bond donors (Lipinski definition) is 1. The Morgan fingerprint density at radius 1 is 1.03 bits per heavy atom. The van der Waals surface area contributed by atoms with Gasteiger partial charge in [-0.25, -0.2) is 8.42 Å². The van der Waals surface area contributed by atoms with Crippen LogP contribution < -0.4 is 10.2 Å². The molecule has 7 nitrogen and oxygen atoms in total. The van der Waals surface area contributed by atoms with Crippen LogP contribution >= 0.6 is 0 Å². The fourth-order valence-electron chi connectivity index (χ4n) is 4.40. The summed E-state index contributed by atoms with van der Waals surface area (Å²) in [5.74, 6) is 0.432. The van der Waals surface area contributed by atoms with Gasteiger partial charge in [-0.1, -0.05) is 33.1 Å². The van der Waals surface area contributed by atoms with Gasteiger partial charge in [-0.15, -0.1) is 0 Å². The van der Waals surface area contributed by atoms with Crippen LogP contribution in [0.25, 0.3) is 0 Å². The van der Waals surface area contributed by atoms with Crippen molar-refractivity contribution in [1.82, 2.24) is 9.62 Å². The first kappa shape index (κ1) is 25.0. The molecule has 1 unspecified atom stereocenters. The Labute approximate surface area is 193 Å². The highest BCUT2D eigenvalue weighted by Crippen LogP contribution is 2.28.